The lowest BCUT2D eigenvalue weighted by Crippen LogP contribution is -2.13. The first-order valence-electron chi connectivity index (χ1n) is 10.7. The number of fused-ring (bicyclic) bond motifs is 1. The summed E-state index contributed by atoms with van der Waals surface area (Å²) < 4.78 is 5.29. The van der Waals surface area contributed by atoms with Crippen molar-refractivity contribution in [2.24, 2.45) is 0 Å². The number of anilines is 1. The minimum atomic E-state index is -0.745. The van der Waals surface area contributed by atoms with Crippen molar-refractivity contribution >= 4 is 11.8 Å². The van der Waals surface area contributed by atoms with Gasteiger partial charge in [-0.3, -0.25) is 4.79 Å². The van der Waals surface area contributed by atoms with Crippen LogP contribution in [0.5, 0.6) is 5.75 Å². The Labute approximate surface area is 173 Å². The number of ether oxygens (including phenoxy) is 1. The molecule has 1 aromatic carbocycles. The molecule has 0 fully saturated rings. The Bertz CT molecular complexity index is 806. The minimum absolute atomic E-state index is 0.0380. The topological polar surface area (TPSA) is 71.5 Å². The van der Waals surface area contributed by atoms with E-state index in [1.165, 1.54) is 17.7 Å². The van der Waals surface area contributed by atoms with E-state index < -0.39 is 5.97 Å². The van der Waals surface area contributed by atoms with E-state index in [0.717, 1.165) is 68.6 Å². The normalized spacial score (nSPS) is 14.0. The van der Waals surface area contributed by atoms with Gasteiger partial charge in [0, 0.05) is 12.2 Å². The zero-order valence-electron chi connectivity index (χ0n) is 17.3. The van der Waals surface area contributed by atoms with Crippen molar-refractivity contribution in [2.45, 2.75) is 63.7 Å². The molecule has 0 amide bonds. The summed E-state index contributed by atoms with van der Waals surface area (Å²) in [6.45, 7) is 1.02. The van der Waals surface area contributed by atoms with Gasteiger partial charge in [-0.1, -0.05) is 37.5 Å². The van der Waals surface area contributed by atoms with Crippen molar-refractivity contribution in [1.82, 2.24) is 4.98 Å². The van der Waals surface area contributed by atoms with Crippen LogP contribution in [0, 0.1) is 0 Å². The van der Waals surface area contributed by atoms with Crippen LogP contribution in [0.25, 0.3) is 0 Å². The van der Waals surface area contributed by atoms with Crippen molar-refractivity contribution in [3.63, 3.8) is 0 Å². The van der Waals surface area contributed by atoms with Crippen LogP contribution < -0.4 is 10.1 Å². The second-order valence-corrected chi connectivity index (χ2v) is 7.86. The minimum Gasteiger partial charge on any atom is -0.497 e. The maximum Gasteiger partial charge on any atom is 0.303 e. The standard InChI is InChI=1S/C24H32N2O3/c1-29-22-12-6-9-19(16-22)20(17-23(27)28)8-4-2-3-5-11-21-14-13-18-10-7-15-25-24(18)26-21/h6,9,12-14,16,20H,2-5,7-8,10-11,15,17H2,1H3,(H,25,26)(H,27,28). The van der Waals surface area contributed by atoms with E-state index in [4.69, 9.17) is 9.72 Å². The first-order chi connectivity index (χ1) is 14.2. The average molecular weight is 397 g/mol. The summed E-state index contributed by atoms with van der Waals surface area (Å²) in [6.07, 6.45) is 8.78. The van der Waals surface area contributed by atoms with E-state index in [-0.39, 0.29) is 12.3 Å². The molecule has 2 aromatic rings. The van der Waals surface area contributed by atoms with Crippen LogP contribution in [0.3, 0.4) is 0 Å². The van der Waals surface area contributed by atoms with E-state index in [1.807, 2.05) is 24.3 Å². The second-order valence-electron chi connectivity index (χ2n) is 7.86. The van der Waals surface area contributed by atoms with Crippen LogP contribution in [-0.2, 0) is 17.6 Å². The van der Waals surface area contributed by atoms with Crippen LogP contribution in [-0.4, -0.2) is 29.7 Å². The first kappa shape index (κ1) is 21.2. The van der Waals surface area contributed by atoms with Crippen molar-refractivity contribution < 1.29 is 14.6 Å². The Balaban J connectivity index is 1.42. The van der Waals surface area contributed by atoms with Crippen LogP contribution in [0.4, 0.5) is 5.82 Å². The summed E-state index contributed by atoms with van der Waals surface area (Å²) in [5, 5.41) is 12.7. The molecule has 1 aliphatic heterocycles. The highest BCUT2D eigenvalue weighted by atomic mass is 16.5. The fourth-order valence-corrected chi connectivity index (χ4v) is 4.05. The van der Waals surface area contributed by atoms with Gasteiger partial charge in [-0.2, -0.15) is 0 Å². The number of benzene rings is 1. The molecule has 1 atom stereocenters. The van der Waals surface area contributed by atoms with Crippen LogP contribution in [0.1, 0.15) is 67.7 Å². The largest absolute Gasteiger partial charge is 0.497 e. The molecule has 1 unspecified atom stereocenters. The first-order valence-corrected chi connectivity index (χ1v) is 10.7. The third kappa shape index (κ3) is 6.48. The molecule has 0 aliphatic carbocycles. The van der Waals surface area contributed by atoms with E-state index >= 15 is 0 Å². The number of unbranched alkanes of at least 4 members (excludes halogenated alkanes) is 3. The Hall–Kier alpha value is -2.56. The highest BCUT2D eigenvalue weighted by Crippen LogP contribution is 2.29. The van der Waals surface area contributed by atoms with Crippen molar-refractivity contribution in [3.8, 4) is 5.75 Å². The fraction of sp³-hybridized carbons (Fsp3) is 0.500. The number of nitrogens with one attached hydrogen (secondary N) is 1. The lowest BCUT2D eigenvalue weighted by molar-refractivity contribution is -0.137. The Morgan fingerprint density at radius 3 is 2.90 bits per heavy atom. The molecule has 5 heteroatoms. The number of carboxylic acid groups (broad SMARTS) is 1. The molecule has 0 spiro atoms. The molecule has 0 saturated carbocycles. The summed E-state index contributed by atoms with van der Waals surface area (Å²) in [7, 11) is 1.64. The molecule has 0 saturated heterocycles. The van der Waals surface area contributed by atoms with Gasteiger partial charge in [-0.15, -0.1) is 0 Å². The third-order valence-corrected chi connectivity index (χ3v) is 5.67. The molecule has 156 valence electrons. The predicted molar refractivity (Wildman–Crippen MR) is 116 cm³/mol. The number of pyridine rings is 1. The number of carbonyl (C=O) groups is 1. The molecule has 2 heterocycles. The molecular weight excluding hydrogens is 364 g/mol. The van der Waals surface area contributed by atoms with Gasteiger partial charge in [0.05, 0.1) is 13.5 Å². The quantitative estimate of drug-likeness (QED) is 0.511. The maximum absolute atomic E-state index is 11.3. The Kier molecular flexibility index (Phi) is 7.91. The van der Waals surface area contributed by atoms with Crippen LogP contribution in [0.2, 0.25) is 0 Å². The van der Waals surface area contributed by atoms with Gasteiger partial charge in [-0.25, -0.2) is 4.98 Å². The summed E-state index contributed by atoms with van der Waals surface area (Å²) in [6, 6.07) is 12.2. The summed E-state index contributed by atoms with van der Waals surface area (Å²) in [5.74, 6) is 1.15. The smallest absolute Gasteiger partial charge is 0.303 e. The number of aromatic nitrogens is 1. The number of carboxylic acids is 1. The molecule has 5 nitrogen and oxygen atoms in total. The fourth-order valence-electron chi connectivity index (χ4n) is 4.05. The Morgan fingerprint density at radius 1 is 1.21 bits per heavy atom. The van der Waals surface area contributed by atoms with Gasteiger partial charge in [-0.05, 0) is 67.3 Å². The zero-order chi connectivity index (χ0) is 20.5. The van der Waals surface area contributed by atoms with Crippen molar-refractivity contribution in [2.75, 3.05) is 19.0 Å². The van der Waals surface area contributed by atoms with Crippen LogP contribution >= 0.6 is 0 Å². The van der Waals surface area contributed by atoms with E-state index in [1.54, 1.807) is 7.11 Å². The number of aliphatic carboxylic acids is 1. The van der Waals surface area contributed by atoms with Gasteiger partial charge >= 0.3 is 5.97 Å². The highest BCUT2D eigenvalue weighted by Gasteiger charge is 2.16. The van der Waals surface area contributed by atoms with Gasteiger partial charge in [0.25, 0.3) is 0 Å². The molecule has 1 aromatic heterocycles. The highest BCUT2D eigenvalue weighted by molar-refractivity contribution is 5.68. The summed E-state index contributed by atoms with van der Waals surface area (Å²) >= 11 is 0. The number of nitrogens with zero attached hydrogens (tertiary/aromatic N) is 1. The number of rotatable bonds is 11. The average Bonchev–Trinajstić information content (AvgIpc) is 2.75. The predicted octanol–water partition coefficient (Wildman–Crippen LogP) is 5.20. The van der Waals surface area contributed by atoms with Gasteiger partial charge < -0.3 is 15.2 Å². The van der Waals surface area contributed by atoms with Crippen molar-refractivity contribution in [1.29, 1.82) is 0 Å². The molecule has 3 rings (SSSR count). The number of hydrogen-bond acceptors (Lipinski definition) is 4. The monoisotopic (exact) mass is 396 g/mol. The lowest BCUT2D eigenvalue weighted by atomic mass is 9.90. The molecule has 0 bridgehead atoms. The van der Waals surface area contributed by atoms with Gasteiger partial charge in [0.1, 0.15) is 11.6 Å². The molecular formula is C24H32N2O3. The number of aryl methyl sites for hydroxylation is 2. The summed E-state index contributed by atoms with van der Waals surface area (Å²) in [4.78, 5) is 16.0. The van der Waals surface area contributed by atoms with Crippen molar-refractivity contribution in [3.05, 3.63) is 53.2 Å². The zero-order valence-corrected chi connectivity index (χ0v) is 17.3. The van der Waals surface area contributed by atoms with Gasteiger partial charge in [0.2, 0.25) is 0 Å². The van der Waals surface area contributed by atoms with Gasteiger partial charge in [0.15, 0.2) is 0 Å². The Morgan fingerprint density at radius 2 is 2.07 bits per heavy atom. The molecule has 1 aliphatic rings. The molecule has 2 N–H and O–H groups in total. The van der Waals surface area contributed by atoms with E-state index in [9.17, 15) is 9.90 Å². The van der Waals surface area contributed by atoms with Crippen LogP contribution in [0.15, 0.2) is 36.4 Å². The lowest BCUT2D eigenvalue weighted by Gasteiger charge is -2.17. The molecule has 29 heavy (non-hydrogen) atoms. The third-order valence-electron chi connectivity index (χ3n) is 5.67. The maximum atomic E-state index is 11.3. The van der Waals surface area contributed by atoms with E-state index in [0.29, 0.717) is 0 Å². The van der Waals surface area contributed by atoms with E-state index in [2.05, 4.69) is 17.4 Å². The number of methoxy groups -OCH3 is 1. The second kappa shape index (κ2) is 10.8. The summed E-state index contributed by atoms with van der Waals surface area (Å²) in [5.41, 5.74) is 3.55. The SMILES string of the molecule is COc1cccc(C(CCCCCCc2ccc3c(n2)NCCC3)CC(=O)O)c1. The molecule has 0 radical (unpaired) electrons. The number of hydrogen-bond donors (Lipinski definition) is 2.